The lowest BCUT2D eigenvalue weighted by Gasteiger charge is -2.25. The number of hydrogen-bond acceptors (Lipinski definition) is 5. The van der Waals surface area contributed by atoms with E-state index >= 15 is 0 Å². The lowest BCUT2D eigenvalue weighted by Crippen LogP contribution is -2.33. The van der Waals surface area contributed by atoms with Crippen LogP contribution in [-0.4, -0.2) is 43.5 Å². The van der Waals surface area contributed by atoms with E-state index in [0.29, 0.717) is 13.0 Å². The maximum Gasteiger partial charge on any atom is 0.143 e. The van der Waals surface area contributed by atoms with E-state index in [9.17, 15) is 14.6 Å². The highest BCUT2D eigenvalue weighted by Crippen LogP contribution is 2.43. The van der Waals surface area contributed by atoms with Crippen molar-refractivity contribution in [1.29, 1.82) is 0 Å². The first kappa shape index (κ1) is 18.0. The molecule has 0 bridgehead atoms. The van der Waals surface area contributed by atoms with Crippen molar-refractivity contribution in [3.63, 3.8) is 0 Å². The molecule has 0 spiro atoms. The summed E-state index contributed by atoms with van der Waals surface area (Å²) in [6.07, 6.45) is 2.08. The van der Waals surface area contributed by atoms with Gasteiger partial charge in [0.1, 0.15) is 23.9 Å². The van der Waals surface area contributed by atoms with E-state index in [-0.39, 0.29) is 23.7 Å². The molecule has 2 heterocycles. The van der Waals surface area contributed by atoms with E-state index in [1.54, 1.807) is 12.1 Å². The van der Waals surface area contributed by atoms with E-state index < -0.39 is 12.2 Å². The molecule has 4 rings (SSSR count). The van der Waals surface area contributed by atoms with Gasteiger partial charge < -0.3 is 20.5 Å². The Morgan fingerprint density at radius 2 is 1.93 bits per heavy atom. The predicted octanol–water partition coefficient (Wildman–Crippen LogP) is 1.90. The van der Waals surface area contributed by atoms with Gasteiger partial charge in [0.15, 0.2) is 0 Å². The molecule has 142 valence electrons. The van der Waals surface area contributed by atoms with Gasteiger partial charge in [-0.05, 0) is 49.6 Å². The highest BCUT2D eigenvalue weighted by atomic mass is 19.1. The van der Waals surface area contributed by atoms with Crippen LogP contribution in [0.15, 0.2) is 42.9 Å². The molecular formula is C20H23FN4O2. The molecule has 1 aromatic carbocycles. The third-order valence-electron chi connectivity index (χ3n) is 5.83. The number of rotatable bonds is 4. The number of nitrogens with zero attached hydrogens (tertiary/aromatic N) is 3. The van der Waals surface area contributed by atoms with Gasteiger partial charge in [-0.3, -0.25) is 0 Å². The van der Waals surface area contributed by atoms with Crippen LogP contribution in [0, 0.1) is 18.7 Å². The second kappa shape index (κ2) is 6.99. The average Bonchev–Trinajstić information content (AvgIpc) is 3.21. The molecule has 7 heteroatoms. The number of aliphatic hydroxyl groups excluding tert-OH is 2. The lowest BCUT2D eigenvalue weighted by atomic mass is 9.83. The second-order valence-electron chi connectivity index (χ2n) is 7.26. The zero-order valence-corrected chi connectivity index (χ0v) is 15.0. The molecule has 0 aliphatic heterocycles. The summed E-state index contributed by atoms with van der Waals surface area (Å²) in [6.45, 7) is 2.22. The van der Waals surface area contributed by atoms with Crippen LogP contribution in [0.5, 0.6) is 0 Å². The van der Waals surface area contributed by atoms with Crippen LogP contribution in [0.4, 0.5) is 4.39 Å². The van der Waals surface area contributed by atoms with Crippen LogP contribution < -0.4 is 5.73 Å². The minimum Gasteiger partial charge on any atom is -0.390 e. The second-order valence-corrected chi connectivity index (χ2v) is 7.26. The lowest BCUT2D eigenvalue weighted by molar-refractivity contribution is 0.00238. The Morgan fingerprint density at radius 1 is 1.19 bits per heavy atom. The smallest absolute Gasteiger partial charge is 0.143 e. The summed E-state index contributed by atoms with van der Waals surface area (Å²) in [4.78, 5) is 8.56. The summed E-state index contributed by atoms with van der Waals surface area (Å²) < 4.78 is 15.2. The molecule has 1 aliphatic carbocycles. The van der Waals surface area contributed by atoms with Gasteiger partial charge in [-0.25, -0.2) is 14.4 Å². The normalized spacial score (nSPS) is 26.6. The fourth-order valence-corrected chi connectivity index (χ4v) is 4.35. The van der Waals surface area contributed by atoms with E-state index in [0.717, 1.165) is 22.3 Å². The third-order valence-corrected chi connectivity index (χ3v) is 5.83. The van der Waals surface area contributed by atoms with Crippen molar-refractivity contribution in [3.05, 3.63) is 59.9 Å². The first-order valence-corrected chi connectivity index (χ1v) is 9.11. The van der Waals surface area contributed by atoms with Gasteiger partial charge in [0.25, 0.3) is 0 Å². The summed E-state index contributed by atoms with van der Waals surface area (Å²) in [5, 5.41) is 22.4. The SMILES string of the molecule is Cc1ncnc2c1ccn2[C@H]1C[C@H]([C@H](CN)c2ccc(F)cc2)[C@@H](O)[C@H]1O. The number of halogens is 1. The van der Waals surface area contributed by atoms with Crippen molar-refractivity contribution in [3.8, 4) is 0 Å². The van der Waals surface area contributed by atoms with Crippen LogP contribution in [0.25, 0.3) is 11.0 Å². The summed E-state index contributed by atoms with van der Waals surface area (Å²) in [5.74, 6) is -0.715. The Morgan fingerprint density at radius 3 is 2.63 bits per heavy atom. The molecule has 2 aromatic heterocycles. The van der Waals surface area contributed by atoms with Gasteiger partial charge in [0.05, 0.1) is 17.8 Å². The van der Waals surface area contributed by atoms with Crippen molar-refractivity contribution in [2.45, 2.75) is 37.5 Å². The van der Waals surface area contributed by atoms with Crippen LogP contribution in [0.3, 0.4) is 0 Å². The summed E-state index contributed by atoms with van der Waals surface area (Å²) >= 11 is 0. The molecule has 3 aromatic rings. The number of benzene rings is 1. The first-order valence-electron chi connectivity index (χ1n) is 9.11. The molecule has 1 saturated carbocycles. The van der Waals surface area contributed by atoms with Gasteiger partial charge >= 0.3 is 0 Å². The topological polar surface area (TPSA) is 97.2 Å². The molecule has 6 nitrogen and oxygen atoms in total. The molecule has 0 amide bonds. The molecule has 0 unspecified atom stereocenters. The van der Waals surface area contributed by atoms with Crippen LogP contribution in [0.2, 0.25) is 0 Å². The van der Waals surface area contributed by atoms with E-state index in [2.05, 4.69) is 9.97 Å². The minimum atomic E-state index is -0.935. The maximum atomic E-state index is 13.3. The van der Waals surface area contributed by atoms with Crippen molar-refractivity contribution in [2.24, 2.45) is 11.7 Å². The average molecular weight is 370 g/mol. The van der Waals surface area contributed by atoms with Crippen molar-refractivity contribution < 1.29 is 14.6 Å². The summed E-state index contributed by atoms with van der Waals surface area (Å²) in [7, 11) is 0. The largest absolute Gasteiger partial charge is 0.390 e. The Hall–Kier alpha value is -2.35. The molecule has 4 N–H and O–H groups in total. The number of nitrogens with two attached hydrogens (primary N) is 1. The zero-order valence-electron chi connectivity index (χ0n) is 15.0. The van der Waals surface area contributed by atoms with Gasteiger partial charge in [-0.1, -0.05) is 12.1 Å². The summed E-state index contributed by atoms with van der Waals surface area (Å²) in [6, 6.07) is 7.80. The molecule has 0 saturated heterocycles. The van der Waals surface area contributed by atoms with E-state index in [1.165, 1.54) is 18.5 Å². The van der Waals surface area contributed by atoms with Gasteiger partial charge in [-0.2, -0.15) is 0 Å². The van der Waals surface area contributed by atoms with Gasteiger partial charge in [0.2, 0.25) is 0 Å². The maximum absolute atomic E-state index is 13.3. The molecule has 1 aliphatic rings. The zero-order chi connectivity index (χ0) is 19.1. The number of hydrogen-bond donors (Lipinski definition) is 3. The molecule has 0 radical (unpaired) electrons. The fraction of sp³-hybridized carbons (Fsp3) is 0.400. The van der Waals surface area contributed by atoms with E-state index in [4.69, 9.17) is 5.73 Å². The van der Waals surface area contributed by atoms with Crippen molar-refractivity contribution in [1.82, 2.24) is 14.5 Å². The standard InChI is InChI=1S/C20H23FN4O2/c1-11-14-6-7-25(20(14)24-10-23-11)17-8-15(18(26)19(17)27)16(9-22)12-2-4-13(21)5-3-12/h2-7,10,15-19,26-27H,8-9,22H2,1H3/t15-,16-,17+,18-,19+/m1/s1. The van der Waals surface area contributed by atoms with Crippen molar-refractivity contribution in [2.75, 3.05) is 6.54 Å². The Kier molecular flexibility index (Phi) is 4.67. The number of aliphatic hydroxyl groups is 2. The molecule has 27 heavy (non-hydrogen) atoms. The first-order chi connectivity index (χ1) is 13.0. The quantitative estimate of drug-likeness (QED) is 0.652. The van der Waals surface area contributed by atoms with Crippen LogP contribution in [0.1, 0.15) is 29.6 Å². The third kappa shape index (κ3) is 3.01. The minimum absolute atomic E-state index is 0.168. The van der Waals surface area contributed by atoms with Crippen LogP contribution in [-0.2, 0) is 0 Å². The van der Waals surface area contributed by atoms with Gasteiger partial charge in [0, 0.05) is 17.5 Å². The molecular weight excluding hydrogens is 347 g/mol. The number of aromatic nitrogens is 3. The number of aryl methyl sites for hydroxylation is 1. The fourth-order valence-electron chi connectivity index (χ4n) is 4.35. The molecule has 1 fully saturated rings. The Labute approximate surface area is 156 Å². The highest BCUT2D eigenvalue weighted by Gasteiger charge is 2.46. The highest BCUT2D eigenvalue weighted by molar-refractivity contribution is 5.78. The summed E-state index contributed by atoms with van der Waals surface area (Å²) in [5.41, 5.74) is 8.47. The monoisotopic (exact) mass is 370 g/mol. The number of fused-ring (bicyclic) bond motifs is 1. The Bertz CT molecular complexity index is 943. The van der Waals surface area contributed by atoms with Crippen LogP contribution >= 0.6 is 0 Å². The molecule has 5 atom stereocenters. The van der Waals surface area contributed by atoms with Crippen molar-refractivity contribution >= 4 is 11.0 Å². The van der Waals surface area contributed by atoms with E-state index in [1.807, 2.05) is 23.8 Å². The van der Waals surface area contributed by atoms with Gasteiger partial charge in [-0.15, -0.1) is 0 Å². The predicted molar refractivity (Wildman–Crippen MR) is 99.6 cm³/mol. The Balaban J connectivity index is 1.67.